The zero-order valence-electron chi connectivity index (χ0n) is 10.0. The first-order chi connectivity index (χ1) is 6.80. The van der Waals surface area contributed by atoms with E-state index in [-0.39, 0.29) is 23.8 Å². The van der Waals surface area contributed by atoms with Crippen molar-refractivity contribution in [2.75, 3.05) is 0 Å². The Morgan fingerprint density at radius 1 is 1.40 bits per heavy atom. The molecule has 1 fully saturated rings. The smallest absolute Gasteiger partial charge is 0.311 e. The molecule has 1 saturated carbocycles. The van der Waals surface area contributed by atoms with E-state index in [9.17, 15) is 9.59 Å². The van der Waals surface area contributed by atoms with Crippen molar-refractivity contribution in [1.82, 2.24) is 0 Å². The highest BCUT2D eigenvalue weighted by Gasteiger charge is 2.32. The van der Waals surface area contributed by atoms with Gasteiger partial charge in [0.25, 0.3) is 0 Å². The van der Waals surface area contributed by atoms with Gasteiger partial charge in [-0.25, -0.2) is 0 Å². The molecule has 1 rings (SSSR count). The molecule has 3 heteroatoms. The highest BCUT2D eigenvalue weighted by molar-refractivity contribution is 5.80. The lowest BCUT2D eigenvalue weighted by Gasteiger charge is -2.30. The van der Waals surface area contributed by atoms with Crippen molar-refractivity contribution in [2.24, 2.45) is 11.3 Å². The van der Waals surface area contributed by atoms with Crippen LogP contribution in [0.2, 0.25) is 0 Å². The molecule has 1 aliphatic rings. The van der Waals surface area contributed by atoms with Gasteiger partial charge in [-0.05, 0) is 33.1 Å². The van der Waals surface area contributed by atoms with Crippen molar-refractivity contribution in [2.45, 2.75) is 53.1 Å². The summed E-state index contributed by atoms with van der Waals surface area (Å²) in [6.45, 7) is 7.49. The van der Waals surface area contributed by atoms with E-state index in [1.165, 1.54) is 0 Å². The monoisotopic (exact) mass is 212 g/mol. The van der Waals surface area contributed by atoms with Crippen LogP contribution in [0.5, 0.6) is 0 Å². The summed E-state index contributed by atoms with van der Waals surface area (Å²) in [7, 11) is 0. The number of Topliss-reactive ketones (excluding diaryl/α,β-unsaturated/α-hetero) is 1. The van der Waals surface area contributed by atoms with Crippen LogP contribution < -0.4 is 0 Å². The summed E-state index contributed by atoms with van der Waals surface area (Å²) in [6, 6.07) is 0. The summed E-state index contributed by atoms with van der Waals surface area (Å²) < 4.78 is 5.43. The van der Waals surface area contributed by atoms with Crippen molar-refractivity contribution in [3.63, 3.8) is 0 Å². The van der Waals surface area contributed by atoms with Gasteiger partial charge in [-0.2, -0.15) is 0 Å². The Kier molecular flexibility index (Phi) is 3.53. The van der Waals surface area contributed by atoms with Gasteiger partial charge in [0.1, 0.15) is 11.9 Å². The van der Waals surface area contributed by atoms with Crippen molar-refractivity contribution in [3.05, 3.63) is 0 Å². The van der Waals surface area contributed by atoms with Crippen molar-refractivity contribution < 1.29 is 14.3 Å². The molecule has 0 unspecified atom stereocenters. The van der Waals surface area contributed by atoms with Gasteiger partial charge in [0.15, 0.2) is 0 Å². The SMILES string of the molecule is C[C@@H]1CC(=O)CC[C@H]1OC(=O)C(C)(C)C. The summed E-state index contributed by atoms with van der Waals surface area (Å²) in [6.07, 6.45) is 1.70. The van der Waals surface area contributed by atoms with Crippen molar-refractivity contribution >= 4 is 11.8 Å². The molecule has 0 spiro atoms. The molecule has 3 nitrogen and oxygen atoms in total. The molecule has 0 aromatic rings. The van der Waals surface area contributed by atoms with Gasteiger partial charge in [0.2, 0.25) is 0 Å². The zero-order chi connectivity index (χ0) is 11.6. The number of rotatable bonds is 1. The van der Waals surface area contributed by atoms with E-state index in [2.05, 4.69) is 0 Å². The first-order valence-corrected chi connectivity index (χ1v) is 5.53. The Balaban J connectivity index is 2.52. The molecule has 15 heavy (non-hydrogen) atoms. The molecule has 0 N–H and O–H groups in total. The van der Waals surface area contributed by atoms with E-state index >= 15 is 0 Å². The predicted octanol–water partition coefficient (Wildman–Crippen LogP) is 2.33. The summed E-state index contributed by atoms with van der Waals surface area (Å²) in [4.78, 5) is 22.8. The quantitative estimate of drug-likeness (QED) is 0.626. The van der Waals surface area contributed by atoms with E-state index in [0.29, 0.717) is 19.3 Å². The summed E-state index contributed by atoms with van der Waals surface area (Å²) in [5, 5.41) is 0. The lowest BCUT2D eigenvalue weighted by atomic mass is 9.86. The number of ether oxygens (including phenoxy) is 1. The number of esters is 1. The van der Waals surface area contributed by atoms with Gasteiger partial charge >= 0.3 is 5.97 Å². The molecule has 0 aromatic carbocycles. The summed E-state index contributed by atoms with van der Waals surface area (Å²) in [5.74, 6) is 0.275. The molecule has 0 saturated heterocycles. The minimum atomic E-state index is -0.457. The van der Waals surface area contributed by atoms with Gasteiger partial charge in [-0.1, -0.05) is 6.92 Å². The maximum absolute atomic E-state index is 11.7. The Morgan fingerprint density at radius 3 is 2.47 bits per heavy atom. The normalized spacial score (nSPS) is 27.6. The highest BCUT2D eigenvalue weighted by atomic mass is 16.5. The zero-order valence-corrected chi connectivity index (χ0v) is 10.0. The van der Waals surface area contributed by atoms with Crippen LogP contribution in [-0.4, -0.2) is 17.9 Å². The van der Waals surface area contributed by atoms with E-state index in [1.54, 1.807) is 0 Å². The van der Waals surface area contributed by atoms with Crippen LogP contribution in [0.25, 0.3) is 0 Å². The van der Waals surface area contributed by atoms with Gasteiger partial charge in [0, 0.05) is 12.8 Å². The molecular formula is C12H20O3. The molecule has 0 aliphatic heterocycles. The predicted molar refractivity (Wildman–Crippen MR) is 57.4 cm³/mol. The Labute approximate surface area is 91.2 Å². The van der Waals surface area contributed by atoms with Gasteiger partial charge in [-0.3, -0.25) is 9.59 Å². The number of hydrogen-bond donors (Lipinski definition) is 0. The van der Waals surface area contributed by atoms with E-state index in [1.807, 2.05) is 27.7 Å². The average Bonchev–Trinajstić information content (AvgIpc) is 2.08. The van der Waals surface area contributed by atoms with Crippen LogP contribution in [0.3, 0.4) is 0 Å². The second kappa shape index (κ2) is 4.33. The average molecular weight is 212 g/mol. The third kappa shape index (κ3) is 3.33. The Hall–Kier alpha value is -0.860. The Morgan fingerprint density at radius 2 is 2.00 bits per heavy atom. The molecule has 0 bridgehead atoms. The third-order valence-electron chi connectivity index (χ3n) is 2.76. The molecule has 0 radical (unpaired) electrons. The fourth-order valence-electron chi connectivity index (χ4n) is 1.67. The maximum Gasteiger partial charge on any atom is 0.311 e. The van der Waals surface area contributed by atoms with Gasteiger partial charge < -0.3 is 4.74 Å². The van der Waals surface area contributed by atoms with Gasteiger partial charge in [0.05, 0.1) is 5.41 Å². The molecular weight excluding hydrogens is 192 g/mol. The molecule has 0 aromatic heterocycles. The molecule has 86 valence electrons. The minimum absolute atomic E-state index is 0.0746. The van der Waals surface area contributed by atoms with Crippen LogP contribution >= 0.6 is 0 Å². The third-order valence-corrected chi connectivity index (χ3v) is 2.76. The van der Waals surface area contributed by atoms with Crippen LogP contribution in [-0.2, 0) is 14.3 Å². The molecule has 1 aliphatic carbocycles. The second-order valence-electron chi connectivity index (χ2n) is 5.45. The summed E-state index contributed by atoms with van der Waals surface area (Å²) >= 11 is 0. The minimum Gasteiger partial charge on any atom is -0.462 e. The van der Waals surface area contributed by atoms with Crippen molar-refractivity contribution in [3.8, 4) is 0 Å². The summed E-state index contributed by atoms with van der Waals surface area (Å²) in [5.41, 5.74) is -0.457. The van der Waals surface area contributed by atoms with E-state index in [4.69, 9.17) is 4.74 Å². The molecule has 2 atom stereocenters. The number of carbonyl (C=O) groups excluding carboxylic acids is 2. The van der Waals surface area contributed by atoms with E-state index in [0.717, 1.165) is 0 Å². The topological polar surface area (TPSA) is 43.4 Å². The number of ketones is 1. The van der Waals surface area contributed by atoms with Crippen LogP contribution in [0.4, 0.5) is 0 Å². The highest BCUT2D eigenvalue weighted by Crippen LogP contribution is 2.27. The standard InChI is InChI=1S/C12H20O3/c1-8-7-9(13)5-6-10(8)15-11(14)12(2,3)4/h8,10H,5-7H2,1-4H3/t8-,10-/m1/s1. The van der Waals surface area contributed by atoms with Crippen LogP contribution in [0, 0.1) is 11.3 Å². The van der Waals surface area contributed by atoms with E-state index < -0.39 is 5.41 Å². The maximum atomic E-state index is 11.7. The largest absolute Gasteiger partial charge is 0.462 e. The fourth-order valence-corrected chi connectivity index (χ4v) is 1.67. The van der Waals surface area contributed by atoms with Crippen LogP contribution in [0.15, 0.2) is 0 Å². The lowest BCUT2D eigenvalue weighted by molar-refractivity contribution is -0.164. The lowest BCUT2D eigenvalue weighted by Crippen LogP contribution is -2.35. The number of carbonyl (C=O) groups is 2. The second-order valence-corrected chi connectivity index (χ2v) is 5.45. The molecule has 0 heterocycles. The van der Waals surface area contributed by atoms with Crippen molar-refractivity contribution in [1.29, 1.82) is 0 Å². The first kappa shape index (κ1) is 12.2. The van der Waals surface area contributed by atoms with Gasteiger partial charge in [-0.15, -0.1) is 0 Å². The molecule has 0 amide bonds. The van der Waals surface area contributed by atoms with Crippen LogP contribution in [0.1, 0.15) is 47.0 Å². The fraction of sp³-hybridized carbons (Fsp3) is 0.833. The number of hydrogen-bond acceptors (Lipinski definition) is 3. The first-order valence-electron chi connectivity index (χ1n) is 5.53. The Bertz CT molecular complexity index is 263.